The first-order valence-corrected chi connectivity index (χ1v) is 7.72. The number of benzene rings is 2. The van der Waals surface area contributed by atoms with Crippen LogP contribution in [0, 0.1) is 20.8 Å². The third-order valence-electron chi connectivity index (χ3n) is 3.49. The molecule has 0 unspecified atom stereocenters. The molecule has 3 N–H and O–H groups in total. The second kappa shape index (κ2) is 6.83. The quantitative estimate of drug-likeness (QED) is 0.808. The molecule has 0 saturated carbocycles. The van der Waals surface area contributed by atoms with E-state index >= 15 is 0 Å². The summed E-state index contributed by atoms with van der Waals surface area (Å²) in [6.45, 7) is 5.84. The van der Waals surface area contributed by atoms with Crippen LogP contribution in [0.25, 0.3) is 0 Å². The Morgan fingerprint density at radius 3 is 2.64 bits per heavy atom. The van der Waals surface area contributed by atoms with Gasteiger partial charge in [0.2, 0.25) is 0 Å². The van der Waals surface area contributed by atoms with E-state index in [1.54, 1.807) is 6.07 Å². The van der Waals surface area contributed by atoms with Crippen molar-refractivity contribution in [2.45, 2.75) is 20.8 Å². The molecular weight excluding hydrogens is 344 g/mol. The first-order chi connectivity index (χ1) is 10.4. The van der Waals surface area contributed by atoms with Gasteiger partial charge in [0.1, 0.15) is 5.75 Å². The number of ether oxygens (including phenoxy) is 1. The van der Waals surface area contributed by atoms with Crippen molar-refractivity contribution in [2.75, 3.05) is 17.7 Å². The number of carbonyl (C=O) groups excluding carboxylic acids is 1. The number of nitrogen functional groups attached to an aromatic ring is 1. The number of rotatable bonds is 4. The van der Waals surface area contributed by atoms with E-state index in [9.17, 15) is 4.79 Å². The standard InChI is InChI=1S/C17H19BrN2O2/c1-10-5-4-6-15(12(10)3)22-9-16(21)20-17-11(2)7-13(19)8-14(17)18/h4-8H,9,19H2,1-3H3,(H,20,21). The molecule has 4 nitrogen and oxygen atoms in total. The van der Waals surface area contributed by atoms with Gasteiger partial charge in [-0.2, -0.15) is 0 Å². The van der Waals surface area contributed by atoms with Crippen molar-refractivity contribution >= 4 is 33.2 Å². The highest BCUT2D eigenvalue weighted by Crippen LogP contribution is 2.29. The van der Waals surface area contributed by atoms with Crippen molar-refractivity contribution in [1.29, 1.82) is 0 Å². The highest BCUT2D eigenvalue weighted by atomic mass is 79.9. The Bertz CT molecular complexity index is 691. The van der Waals surface area contributed by atoms with E-state index in [2.05, 4.69) is 21.2 Å². The third kappa shape index (κ3) is 3.80. The molecule has 0 aliphatic heterocycles. The van der Waals surface area contributed by atoms with Gasteiger partial charge in [-0.15, -0.1) is 0 Å². The molecule has 0 spiro atoms. The smallest absolute Gasteiger partial charge is 0.262 e. The Kier molecular flexibility index (Phi) is 5.08. The number of anilines is 2. The molecule has 5 heteroatoms. The highest BCUT2D eigenvalue weighted by molar-refractivity contribution is 9.10. The average molecular weight is 363 g/mol. The molecule has 0 bridgehead atoms. The largest absolute Gasteiger partial charge is 0.483 e. The Morgan fingerprint density at radius 1 is 1.23 bits per heavy atom. The summed E-state index contributed by atoms with van der Waals surface area (Å²) in [7, 11) is 0. The second-order valence-corrected chi connectivity index (χ2v) is 6.08. The van der Waals surface area contributed by atoms with Gasteiger partial charge in [-0.1, -0.05) is 12.1 Å². The van der Waals surface area contributed by atoms with E-state index in [0.717, 1.165) is 26.9 Å². The molecule has 0 saturated heterocycles. The zero-order valence-electron chi connectivity index (χ0n) is 12.9. The number of nitrogens with one attached hydrogen (secondary N) is 1. The molecule has 0 atom stereocenters. The van der Waals surface area contributed by atoms with Gasteiger partial charge in [-0.25, -0.2) is 0 Å². The first kappa shape index (κ1) is 16.4. The molecule has 0 radical (unpaired) electrons. The van der Waals surface area contributed by atoms with Crippen molar-refractivity contribution in [2.24, 2.45) is 0 Å². The van der Waals surface area contributed by atoms with Gasteiger partial charge in [0.25, 0.3) is 5.91 Å². The number of halogens is 1. The Labute approximate surface area is 138 Å². The Balaban J connectivity index is 2.04. The van der Waals surface area contributed by atoms with E-state index in [0.29, 0.717) is 11.4 Å². The number of hydrogen-bond donors (Lipinski definition) is 2. The predicted molar refractivity (Wildman–Crippen MR) is 93.3 cm³/mol. The zero-order chi connectivity index (χ0) is 16.3. The molecule has 0 aliphatic rings. The van der Waals surface area contributed by atoms with Gasteiger partial charge in [0.15, 0.2) is 6.61 Å². The summed E-state index contributed by atoms with van der Waals surface area (Å²) in [6, 6.07) is 9.35. The summed E-state index contributed by atoms with van der Waals surface area (Å²) in [5.74, 6) is 0.512. The van der Waals surface area contributed by atoms with Crippen LogP contribution in [0.4, 0.5) is 11.4 Å². The van der Waals surface area contributed by atoms with E-state index in [1.807, 2.05) is 45.0 Å². The fourth-order valence-corrected chi connectivity index (χ4v) is 2.80. The summed E-state index contributed by atoms with van der Waals surface area (Å²) in [5, 5.41) is 2.84. The molecule has 0 fully saturated rings. The van der Waals surface area contributed by atoms with Crippen LogP contribution in [0.15, 0.2) is 34.8 Å². The van der Waals surface area contributed by atoms with Gasteiger partial charge in [0, 0.05) is 10.2 Å². The number of carbonyl (C=O) groups is 1. The lowest BCUT2D eigenvalue weighted by atomic mass is 10.1. The fourth-order valence-electron chi connectivity index (χ4n) is 2.13. The van der Waals surface area contributed by atoms with Crippen LogP contribution in [-0.4, -0.2) is 12.5 Å². The van der Waals surface area contributed by atoms with Crippen molar-refractivity contribution in [3.05, 3.63) is 51.5 Å². The van der Waals surface area contributed by atoms with Crippen molar-refractivity contribution in [3.8, 4) is 5.75 Å². The first-order valence-electron chi connectivity index (χ1n) is 6.93. The summed E-state index contributed by atoms with van der Waals surface area (Å²) in [5.41, 5.74) is 10.2. The van der Waals surface area contributed by atoms with Gasteiger partial charge >= 0.3 is 0 Å². The lowest BCUT2D eigenvalue weighted by molar-refractivity contribution is -0.118. The third-order valence-corrected chi connectivity index (χ3v) is 4.11. The minimum absolute atomic E-state index is 0.0411. The van der Waals surface area contributed by atoms with E-state index < -0.39 is 0 Å². The fraction of sp³-hybridized carbons (Fsp3) is 0.235. The summed E-state index contributed by atoms with van der Waals surface area (Å²) in [4.78, 5) is 12.1. The van der Waals surface area contributed by atoms with Crippen LogP contribution in [0.1, 0.15) is 16.7 Å². The molecule has 0 aromatic heterocycles. The molecule has 0 heterocycles. The SMILES string of the molecule is Cc1cccc(OCC(=O)Nc2c(C)cc(N)cc2Br)c1C. The maximum Gasteiger partial charge on any atom is 0.262 e. The Hall–Kier alpha value is -2.01. The van der Waals surface area contributed by atoms with Crippen LogP contribution in [0.3, 0.4) is 0 Å². The maximum atomic E-state index is 12.1. The minimum Gasteiger partial charge on any atom is -0.483 e. The minimum atomic E-state index is -0.213. The molecule has 2 rings (SSSR count). The van der Waals surface area contributed by atoms with Crippen LogP contribution in [0.5, 0.6) is 5.75 Å². The van der Waals surface area contributed by atoms with Gasteiger partial charge < -0.3 is 15.8 Å². The summed E-state index contributed by atoms with van der Waals surface area (Å²) >= 11 is 3.41. The van der Waals surface area contributed by atoms with E-state index in [-0.39, 0.29) is 12.5 Å². The van der Waals surface area contributed by atoms with Gasteiger partial charge in [-0.05, 0) is 71.6 Å². The van der Waals surface area contributed by atoms with Crippen LogP contribution in [0.2, 0.25) is 0 Å². The topological polar surface area (TPSA) is 64.3 Å². The normalized spacial score (nSPS) is 10.4. The zero-order valence-corrected chi connectivity index (χ0v) is 14.5. The molecule has 2 aromatic carbocycles. The lowest BCUT2D eigenvalue weighted by Gasteiger charge is -2.13. The van der Waals surface area contributed by atoms with E-state index in [4.69, 9.17) is 10.5 Å². The molecule has 22 heavy (non-hydrogen) atoms. The number of aryl methyl sites for hydroxylation is 2. The maximum absolute atomic E-state index is 12.1. The monoisotopic (exact) mass is 362 g/mol. The highest BCUT2D eigenvalue weighted by Gasteiger charge is 2.11. The van der Waals surface area contributed by atoms with Crippen LogP contribution >= 0.6 is 15.9 Å². The number of nitrogens with two attached hydrogens (primary N) is 1. The Morgan fingerprint density at radius 2 is 1.95 bits per heavy atom. The second-order valence-electron chi connectivity index (χ2n) is 5.23. The molecular formula is C17H19BrN2O2. The summed E-state index contributed by atoms with van der Waals surface area (Å²) < 4.78 is 6.36. The van der Waals surface area contributed by atoms with Gasteiger partial charge in [-0.3, -0.25) is 4.79 Å². The number of hydrogen-bond acceptors (Lipinski definition) is 3. The molecule has 0 aliphatic carbocycles. The molecule has 2 aromatic rings. The number of amides is 1. The van der Waals surface area contributed by atoms with Crippen LogP contribution < -0.4 is 15.8 Å². The molecule has 1 amide bonds. The van der Waals surface area contributed by atoms with Crippen LogP contribution in [-0.2, 0) is 4.79 Å². The summed E-state index contributed by atoms with van der Waals surface area (Å²) in [6.07, 6.45) is 0. The van der Waals surface area contributed by atoms with Crippen molar-refractivity contribution in [1.82, 2.24) is 0 Å². The average Bonchev–Trinajstić information content (AvgIpc) is 2.44. The van der Waals surface area contributed by atoms with Gasteiger partial charge in [0.05, 0.1) is 5.69 Å². The predicted octanol–water partition coefficient (Wildman–Crippen LogP) is 3.97. The molecule has 116 valence electrons. The van der Waals surface area contributed by atoms with Crippen molar-refractivity contribution in [3.63, 3.8) is 0 Å². The van der Waals surface area contributed by atoms with E-state index in [1.165, 1.54) is 0 Å². The van der Waals surface area contributed by atoms with Crippen molar-refractivity contribution < 1.29 is 9.53 Å². The lowest BCUT2D eigenvalue weighted by Crippen LogP contribution is -2.21.